The lowest BCUT2D eigenvalue weighted by Crippen LogP contribution is -2.42. The smallest absolute Gasteiger partial charge is 0.226 e. The molecule has 1 saturated heterocycles. The minimum atomic E-state index is -0.689. The van der Waals surface area contributed by atoms with Crippen LogP contribution in [0.2, 0.25) is 5.28 Å². The SMILES string of the molecule is CC1(C)O[C@H]2[C@H](n3cnc4c(NC(C5CCC5)C5CCC5)nc(Cl)nc43)[C@H]3C[C@@]3(CSc3ccccc3F)[C@H]2O1. The standard InChI is InChI=1S/C30H35ClFN5O2S/c1-29(2)38-24-23(18-13-30(18,25(24)39-29)14-40-20-12-4-3-11-19(20)32)37-15-33-22-26(35-28(31)36-27(22)37)34-21(16-7-5-8-16)17-9-6-10-17/h3-4,11-12,15-18,21,23-25H,5-10,13-14H2,1-2H3,(H,34,35,36)/t18-,23-,24+,25+,30+/m1/s1. The van der Waals surface area contributed by atoms with Crippen LogP contribution in [0.15, 0.2) is 35.5 Å². The molecule has 10 heteroatoms. The van der Waals surface area contributed by atoms with Crippen LogP contribution in [0.4, 0.5) is 10.2 Å². The Kier molecular flexibility index (Phi) is 5.97. The molecule has 0 bridgehead atoms. The Labute approximate surface area is 243 Å². The third kappa shape index (κ3) is 4.02. The van der Waals surface area contributed by atoms with E-state index >= 15 is 0 Å². The first kappa shape index (κ1) is 25.7. The Morgan fingerprint density at radius 3 is 2.58 bits per heavy atom. The fourth-order valence-corrected chi connectivity index (χ4v) is 9.28. The maximum absolute atomic E-state index is 14.5. The average Bonchev–Trinajstić information content (AvgIpc) is 3.10. The van der Waals surface area contributed by atoms with Crippen molar-refractivity contribution >= 4 is 40.3 Å². The number of anilines is 1. The van der Waals surface area contributed by atoms with E-state index in [1.54, 1.807) is 17.8 Å². The van der Waals surface area contributed by atoms with Gasteiger partial charge < -0.3 is 19.4 Å². The minimum absolute atomic E-state index is 0.00544. The van der Waals surface area contributed by atoms with Crippen molar-refractivity contribution in [1.29, 1.82) is 0 Å². The van der Waals surface area contributed by atoms with Gasteiger partial charge >= 0.3 is 0 Å². The lowest BCUT2D eigenvalue weighted by molar-refractivity contribution is -0.160. The summed E-state index contributed by atoms with van der Waals surface area (Å²) in [6.45, 7) is 3.96. The zero-order chi connectivity index (χ0) is 27.2. The predicted octanol–water partition coefficient (Wildman–Crippen LogP) is 6.87. The molecule has 5 fully saturated rings. The summed E-state index contributed by atoms with van der Waals surface area (Å²) >= 11 is 8.14. The van der Waals surface area contributed by atoms with Crippen molar-refractivity contribution in [3.05, 3.63) is 41.7 Å². The van der Waals surface area contributed by atoms with Crippen LogP contribution in [0.5, 0.6) is 0 Å². The molecule has 0 amide bonds. The van der Waals surface area contributed by atoms with Gasteiger partial charge in [-0.2, -0.15) is 9.97 Å². The quantitative estimate of drug-likeness (QED) is 0.229. The summed E-state index contributed by atoms with van der Waals surface area (Å²) in [4.78, 5) is 14.9. The molecule has 0 radical (unpaired) electrons. The van der Waals surface area contributed by atoms with E-state index < -0.39 is 5.79 Å². The molecule has 40 heavy (non-hydrogen) atoms. The number of aromatic nitrogens is 4. The van der Waals surface area contributed by atoms with Crippen molar-refractivity contribution in [2.75, 3.05) is 11.1 Å². The second-order valence-electron chi connectivity index (χ2n) is 13.0. The second kappa shape index (κ2) is 9.28. The molecule has 0 unspecified atom stereocenters. The number of nitrogens with one attached hydrogen (secondary N) is 1. The van der Waals surface area contributed by atoms with Crippen molar-refractivity contribution < 1.29 is 13.9 Å². The summed E-state index contributed by atoms with van der Waals surface area (Å²) in [5, 5.41) is 4.03. The molecule has 1 aliphatic heterocycles. The number of benzene rings is 1. The minimum Gasteiger partial charge on any atom is -0.365 e. The highest BCUT2D eigenvalue weighted by atomic mass is 35.5. The van der Waals surface area contributed by atoms with Crippen LogP contribution in [0.1, 0.15) is 64.8 Å². The van der Waals surface area contributed by atoms with Crippen LogP contribution in [-0.2, 0) is 9.47 Å². The largest absolute Gasteiger partial charge is 0.365 e. The molecule has 1 N–H and O–H groups in total. The van der Waals surface area contributed by atoms with Gasteiger partial charge in [-0.25, -0.2) is 9.37 Å². The van der Waals surface area contributed by atoms with Crippen LogP contribution in [-0.4, -0.2) is 49.3 Å². The zero-order valence-electron chi connectivity index (χ0n) is 22.9. The Balaban J connectivity index is 1.13. The van der Waals surface area contributed by atoms with E-state index in [-0.39, 0.29) is 34.8 Å². The molecule has 1 aromatic carbocycles. The van der Waals surface area contributed by atoms with Crippen molar-refractivity contribution in [3.63, 3.8) is 0 Å². The number of imidazole rings is 1. The van der Waals surface area contributed by atoms with Gasteiger partial charge in [-0.15, -0.1) is 11.8 Å². The van der Waals surface area contributed by atoms with Crippen molar-refractivity contribution in [1.82, 2.24) is 19.5 Å². The zero-order valence-corrected chi connectivity index (χ0v) is 24.4. The Morgan fingerprint density at radius 1 is 1.12 bits per heavy atom. The summed E-state index contributed by atoms with van der Waals surface area (Å²) in [5.74, 6) is 2.35. The topological polar surface area (TPSA) is 74.1 Å². The number of halogens is 2. The van der Waals surface area contributed by atoms with Crippen LogP contribution in [0.3, 0.4) is 0 Å². The van der Waals surface area contributed by atoms with E-state index in [1.165, 1.54) is 44.6 Å². The van der Waals surface area contributed by atoms with E-state index in [9.17, 15) is 4.39 Å². The van der Waals surface area contributed by atoms with Gasteiger partial charge in [-0.1, -0.05) is 25.0 Å². The number of nitrogens with zero attached hydrogens (tertiary/aromatic N) is 4. The van der Waals surface area contributed by atoms with E-state index in [1.807, 2.05) is 32.3 Å². The lowest BCUT2D eigenvalue weighted by Gasteiger charge is -2.43. The summed E-state index contributed by atoms with van der Waals surface area (Å²) in [7, 11) is 0. The molecule has 8 rings (SSSR count). The average molecular weight is 584 g/mol. The van der Waals surface area contributed by atoms with Gasteiger partial charge in [0.25, 0.3) is 0 Å². The maximum atomic E-state index is 14.5. The van der Waals surface area contributed by atoms with Gasteiger partial charge in [0, 0.05) is 22.1 Å². The first-order chi connectivity index (χ1) is 19.3. The molecule has 3 aromatic rings. The second-order valence-corrected chi connectivity index (χ2v) is 14.3. The van der Waals surface area contributed by atoms with E-state index in [4.69, 9.17) is 31.0 Å². The van der Waals surface area contributed by atoms with Gasteiger partial charge in [0.05, 0.1) is 18.5 Å². The maximum Gasteiger partial charge on any atom is 0.226 e. The fraction of sp³-hybridized carbons (Fsp3) is 0.633. The Morgan fingerprint density at radius 2 is 1.88 bits per heavy atom. The molecule has 2 aromatic heterocycles. The molecular weight excluding hydrogens is 549 g/mol. The summed E-state index contributed by atoms with van der Waals surface area (Å²) in [6.07, 6.45) is 10.4. The fourth-order valence-electron chi connectivity index (χ4n) is 7.81. The Hall–Kier alpha value is -1.94. The first-order valence-corrected chi connectivity index (χ1v) is 16.1. The van der Waals surface area contributed by atoms with Crippen molar-refractivity contribution in [3.8, 4) is 0 Å². The highest BCUT2D eigenvalue weighted by molar-refractivity contribution is 7.99. The number of hydrogen-bond acceptors (Lipinski definition) is 7. The lowest BCUT2D eigenvalue weighted by atomic mass is 9.68. The molecule has 212 valence electrons. The normalized spacial score (nSPS) is 32.6. The third-order valence-corrected chi connectivity index (χ3v) is 11.8. The highest BCUT2D eigenvalue weighted by Gasteiger charge is 2.75. The van der Waals surface area contributed by atoms with Gasteiger partial charge in [-0.05, 0) is 87.4 Å². The van der Waals surface area contributed by atoms with Gasteiger partial charge in [0.1, 0.15) is 11.9 Å². The first-order valence-electron chi connectivity index (χ1n) is 14.7. The number of ether oxygens (including phenoxy) is 2. The molecule has 4 aliphatic carbocycles. The molecule has 3 heterocycles. The van der Waals surface area contributed by atoms with E-state index in [0.29, 0.717) is 28.7 Å². The van der Waals surface area contributed by atoms with E-state index in [0.717, 1.165) is 29.2 Å². The molecule has 5 atom stereocenters. The summed E-state index contributed by atoms with van der Waals surface area (Å²) in [5.41, 5.74) is 1.41. The number of hydrogen-bond donors (Lipinski definition) is 1. The molecular formula is C30H35ClFN5O2S. The number of fused-ring (bicyclic) bond motifs is 4. The highest BCUT2D eigenvalue weighted by Crippen LogP contribution is 2.72. The summed E-state index contributed by atoms with van der Waals surface area (Å²) in [6, 6.07) is 7.42. The van der Waals surface area contributed by atoms with E-state index in [2.05, 4.69) is 14.9 Å². The summed E-state index contributed by atoms with van der Waals surface area (Å²) < 4.78 is 29.7. The van der Waals surface area contributed by atoms with Gasteiger partial charge in [-0.3, -0.25) is 0 Å². The number of rotatable bonds is 8. The monoisotopic (exact) mass is 583 g/mol. The van der Waals surface area contributed by atoms with Gasteiger partial charge in [0.15, 0.2) is 22.8 Å². The van der Waals surface area contributed by atoms with Crippen molar-refractivity contribution in [2.45, 2.75) is 93.8 Å². The Bertz CT molecular complexity index is 1450. The van der Waals surface area contributed by atoms with Crippen LogP contribution < -0.4 is 5.32 Å². The predicted molar refractivity (Wildman–Crippen MR) is 153 cm³/mol. The van der Waals surface area contributed by atoms with Gasteiger partial charge in [0.2, 0.25) is 5.28 Å². The third-order valence-electron chi connectivity index (χ3n) is 10.3. The molecule has 4 saturated carbocycles. The molecule has 0 spiro atoms. The van der Waals surface area contributed by atoms with Crippen LogP contribution >= 0.6 is 23.4 Å². The van der Waals surface area contributed by atoms with Crippen LogP contribution in [0.25, 0.3) is 11.2 Å². The number of thioether (sulfide) groups is 1. The van der Waals surface area contributed by atoms with Crippen molar-refractivity contribution in [2.24, 2.45) is 23.2 Å². The molecule has 5 aliphatic rings. The molecule has 7 nitrogen and oxygen atoms in total. The van der Waals surface area contributed by atoms with Crippen LogP contribution in [0, 0.1) is 29.0 Å².